The third-order valence-corrected chi connectivity index (χ3v) is 3.18. The number of nitro groups is 1. The van der Waals surface area contributed by atoms with Gasteiger partial charge >= 0.3 is 0 Å². The van der Waals surface area contributed by atoms with Crippen molar-refractivity contribution in [1.82, 2.24) is 4.98 Å². The molecule has 0 unspecified atom stereocenters. The molecule has 0 aliphatic rings. The highest BCUT2D eigenvalue weighted by molar-refractivity contribution is 6.30. The van der Waals surface area contributed by atoms with Crippen LogP contribution in [0, 0.1) is 10.1 Å². The molecule has 0 atom stereocenters. The van der Waals surface area contributed by atoms with Crippen LogP contribution >= 0.6 is 11.6 Å². The van der Waals surface area contributed by atoms with Crippen LogP contribution in [0.1, 0.15) is 18.9 Å². The minimum absolute atomic E-state index is 0.0979. The molecule has 6 heteroatoms. The van der Waals surface area contributed by atoms with E-state index in [1.54, 1.807) is 6.07 Å². The summed E-state index contributed by atoms with van der Waals surface area (Å²) < 4.78 is 5.08. The minimum Gasteiger partial charge on any atom is -0.496 e. The number of aromatic nitrogens is 1. The van der Waals surface area contributed by atoms with Crippen molar-refractivity contribution in [2.45, 2.75) is 19.8 Å². The molecule has 0 amide bonds. The summed E-state index contributed by atoms with van der Waals surface area (Å²) in [5.41, 5.74) is 1.08. The molecule has 1 heterocycles. The smallest absolute Gasteiger partial charge is 0.299 e. The average molecular weight is 281 g/mol. The molecular formula is C13H13ClN2O3. The van der Waals surface area contributed by atoms with Gasteiger partial charge in [0.1, 0.15) is 16.4 Å². The zero-order chi connectivity index (χ0) is 14.0. The molecule has 0 aliphatic carbocycles. The molecule has 0 N–H and O–H groups in total. The Labute approximate surface area is 115 Å². The van der Waals surface area contributed by atoms with Crippen molar-refractivity contribution in [2.75, 3.05) is 7.11 Å². The molecule has 100 valence electrons. The number of methoxy groups -OCH3 is 1. The van der Waals surface area contributed by atoms with E-state index < -0.39 is 4.92 Å². The molecule has 5 nitrogen and oxygen atoms in total. The zero-order valence-electron chi connectivity index (χ0n) is 10.6. The summed E-state index contributed by atoms with van der Waals surface area (Å²) in [7, 11) is 1.47. The number of nitrogens with zero attached hydrogens (tertiary/aromatic N) is 2. The van der Waals surface area contributed by atoms with E-state index in [1.807, 2.05) is 13.0 Å². The average Bonchev–Trinajstić information content (AvgIpc) is 2.38. The highest BCUT2D eigenvalue weighted by Gasteiger charge is 2.17. The van der Waals surface area contributed by atoms with Crippen LogP contribution in [0.2, 0.25) is 5.15 Å². The monoisotopic (exact) mass is 280 g/mol. The lowest BCUT2D eigenvalue weighted by Gasteiger charge is -2.07. The van der Waals surface area contributed by atoms with Crippen LogP contribution in [0.4, 0.5) is 5.69 Å². The summed E-state index contributed by atoms with van der Waals surface area (Å²) in [6.07, 6.45) is 1.71. The molecule has 1 aromatic heterocycles. The lowest BCUT2D eigenvalue weighted by molar-refractivity contribution is -0.383. The Kier molecular flexibility index (Phi) is 3.85. The van der Waals surface area contributed by atoms with Gasteiger partial charge in [0.05, 0.1) is 18.1 Å². The fourth-order valence-corrected chi connectivity index (χ4v) is 2.20. The lowest BCUT2D eigenvalue weighted by Crippen LogP contribution is -1.96. The molecule has 0 spiro atoms. The van der Waals surface area contributed by atoms with Gasteiger partial charge in [-0.1, -0.05) is 24.9 Å². The number of aryl methyl sites for hydroxylation is 1. The van der Waals surface area contributed by atoms with Crippen molar-refractivity contribution in [3.05, 3.63) is 39.0 Å². The van der Waals surface area contributed by atoms with Gasteiger partial charge in [0.2, 0.25) is 0 Å². The molecule has 1 aromatic carbocycles. The summed E-state index contributed by atoms with van der Waals surface area (Å²) in [5.74, 6) is 0.436. The SMILES string of the molecule is CCCc1cc2cc(OC)cc([N+](=O)[O-])c2nc1Cl. The minimum atomic E-state index is -0.478. The number of pyridine rings is 1. The van der Waals surface area contributed by atoms with Crippen molar-refractivity contribution in [2.24, 2.45) is 0 Å². The molecule has 0 saturated heterocycles. The number of hydrogen-bond donors (Lipinski definition) is 0. The Balaban J connectivity index is 2.74. The Morgan fingerprint density at radius 3 is 2.74 bits per heavy atom. The van der Waals surface area contributed by atoms with Crippen LogP contribution in [-0.4, -0.2) is 17.0 Å². The van der Waals surface area contributed by atoms with Crippen LogP contribution in [0.15, 0.2) is 18.2 Å². The summed E-state index contributed by atoms with van der Waals surface area (Å²) in [6, 6.07) is 4.92. The maximum atomic E-state index is 11.1. The second-order valence-electron chi connectivity index (χ2n) is 4.16. The van der Waals surface area contributed by atoms with E-state index in [9.17, 15) is 10.1 Å². The third-order valence-electron chi connectivity index (χ3n) is 2.85. The molecular weight excluding hydrogens is 268 g/mol. The lowest BCUT2D eigenvalue weighted by atomic mass is 10.1. The van der Waals surface area contributed by atoms with Gasteiger partial charge in [-0.05, 0) is 24.1 Å². The first-order valence-corrected chi connectivity index (χ1v) is 6.26. The van der Waals surface area contributed by atoms with Crippen LogP contribution in [0.5, 0.6) is 5.75 Å². The second-order valence-corrected chi connectivity index (χ2v) is 4.52. The Bertz CT molecular complexity index is 643. The molecule has 0 bridgehead atoms. The van der Waals surface area contributed by atoms with Crippen LogP contribution in [-0.2, 0) is 6.42 Å². The summed E-state index contributed by atoms with van der Waals surface area (Å²) in [4.78, 5) is 14.8. The van der Waals surface area contributed by atoms with Gasteiger partial charge in [0, 0.05) is 5.39 Å². The predicted molar refractivity (Wildman–Crippen MR) is 74.0 cm³/mol. The van der Waals surface area contributed by atoms with E-state index in [2.05, 4.69) is 4.98 Å². The Hall–Kier alpha value is -1.88. The quantitative estimate of drug-likeness (QED) is 0.486. The van der Waals surface area contributed by atoms with Crippen LogP contribution in [0.3, 0.4) is 0 Å². The van der Waals surface area contributed by atoms with Crippen LogP contribution < -0.4 is 4.74 Å². The fraction of sp³-hybridized carbons (Fsp3) is 0.308. The molecule has 0 saturated carbocycles. The summed E-state index contributed by atoms with van der Waals surface area (Å²) in [5, 5.41) is 12.1. The number of fused-ring (bicyclic) bond motifs is 1. The molecule has 0 aliphatic heterocycles. The number of nitro benzene ring substituents is 1. The highest BCUT2D eigenvalue weighted by Crippen LogP contribution is 2.32. The van der Waals surface area contributed by atoms with Crippen molar-refractivity contribution in [3.8, 4) is 5.75 Å². The van der Waals surface area contributed by atoms with Crippen LogP contribution in [0.25, 0.3) is 10.9 Å². The molecule has 0 fully saturated rings. The predicted octanol–water partition coefficient (Wildman–Crippen LogP) is 3.76. The van der Waals surface area contributed by atoms with Gasteiger partial charge in [-0.15, -0.1) is 0 Å². The number of ether oxygens (including phenoxy) is 1. The third kappa shape index (κ3) is 2.61. The van der Waals surface area contributed by atoms with Gasteiger partial charge in [-0.3, -0.25) is 10.1 Å². The molecule has 2 aromatic rings. The second kappa shape index (κ2) is 5.40. The number of halogens is 1. The van der Waals surface area contributed by atoms with E-state index in [-0.39, 0.29) is 11.2 Å². The van der Waals surface area contributed by atoms with E-state index in [0.717, 1.165) is 18.4 Å². The largest absolute Gasteiger partial charge is 0.496 e. The normalized spacial score (nSPS) is 10.7. The summed E-state index contributed by atoms with van der Waals surface area (Å²) in [6.45, 7) is 2.04. The highest BCUT2D eigenvalue weighted by atomic mass is 35.5. The maximum Gasteiger partial charge on any atom is 0.299 e. The first kappa shape index (κ1) is 13.5. The van der Waals surface area contributed by atoms with Gasteiger partial charge < -0.3 is 4.74 Å². The van der Waals surface area contributed by atoms with Gasteiger partial charge in [-0.2, -0.15) is 0 Å². The van der Waals surface area contributed by atoms with Gasteiger partial charge in [0.25, 0.3) is 5.69 Å². The van der Waals surface area contributed by atoms with Crippen molar-refractivity contribution in [1.29, 1.82) is 0 Å². The number of non-ortho nitro benzene ring substituents is 1. The standard InChI is InChI=1S/C13H13ClN2O3/c1-3-4-8-5-9-6-10(19-2)7-11(16(17)18)12(9)15-13(8)14/h5-7H,3-4H2,1-2H3. The Morgan fingerprint density at radius 1 is 1.42 bits per heavy atom. The number of rotatable bonds is 4. The van der Waals surface area contributed by atoms with E-state index in [1.165, 1.54) is 13.2 Å². The van der Waals surface area contributed by atoms with E-state index >= 15 is 0 Å². The fourth-order valence-electron chi connectivity index (χ4n) is 1.97. The topological polar surface area (TPSA) is 65.3 Å². The maximum absolute atomic E-state index is 11.1. The van der Waals surface area contributed by atoms with Crippen molar-refractivity contribution < 1.29 is 9.66 Å². The first-order valence-electron chi connectivity index (χ1n) is 5.88. The van der Waals surface area contributed by atoms with Crippen molar-refractivity contribution in [3.63, 3.8) is 0 Å². The van der Waals surface area contributed by atoms with E-state index in [4.69, 9.17) is 16.3 Å². The van der Waals surface area contributed by atoms with Gasteiger partial charge in [0.15, 0.2) is 0 Å². The molecule has 2 rings (SSSR count). The molecule has 19 heavy (non-hydrogen) atoms. The van der Waals surface area contributed by atoms with Gasteiger partial charge in [-0.25, -0.2) is 4.98 Å². The zero-order valence-corrected chi connectivity index (χ0v) is 11.4. The Morgan fingerprint density at radius 2 is 2.16 bits per heavy atom. The van der Waals surface area contributed by atoms with E-state index in [0.29, 0.717) is 16.3 Å². The first-order chi connectivity index (χ1) is 9.06. The number of hydrogen-bond acceptors (Lipinski definition) is 4. The van der Waals surface area contributed by atoms with Crippen molar-refractivity contribution >= 4 is 28.2 Å². The number of benzene rings is 1. The summed E-state index contributed by atoms with van der Waals surface area (Å²) >= 11 is 6.07. The molecule has 0 radical (unpaired) electrons.